The van der Waals surface area contributed by atoms with E-state index in [1.165, 1.54) is 6.33 Å². The van der Waals surface area contributed by atoms with Crippen LogP contribution in [0.5, 0.6) is 0 Å². The minimum Gasteiger partial charge on any atom is -0.394 e. The topological polar surface area (TPSA) is 101 Å². The van der Waals surface area contributed by atoms with E-state index in [1.54, 1.807) is 10.8 Å². The van der Waals surface area contributed by atoms with Crippen molar-refractivity contribution in [2.24, 2.45) is 0 Å². The summed E-state index contributed by atoms with van der Waals surface area (Å²) in [6, 6.07) is 0. The molecule has 1 saturated heterocycles. The van der Waals surface area contributed by atoms with Crippen LogP contribution in [0.4, 0.5) is 0 Å². The molecular formula is C11H11ClIN3O4. The summed E-state index contributed by atoms with van der Waals surface area (Å²) in [6.07, 6.45) is -0.948. The molecule has 2 aromatic heterocycles. The number of ether oxygens (including phenoxy) is 1. The molecule has 3 N–H and O–H groups in total. The fourth-order valence-corrected chi connectivity index (χ4v) is 3.49. The molecule has 9 heteroatoms. The molecule has 3 rings (SSSR count). The number of rotatable bonds is 2. The van der Waals surface area contributed by atoms with Crippen LogP contribution in [0.2, 0.25) is 5.15 Å². The summed E-state index contributed by atoms with van der Waals surface area (Å²) in [5, 5.41) is 30.0. The first-order chi connectivity index (χ1) is 9.54. The summed E-state index contributed by atoms with van der Waals surface area (Å²) in [5.41, 5.74) is 0.504. The van der Waals surface area contributed by atoms with Gasteiger partial charge in [-0.2, -0.15) is 0 Å². The second kappa shape index (κ2) is 5.35. The number of hydrogen-bond donors (Lipinski definition) is 3. The molecule has 0 radical (unpaired) electrons. The van der Waals surface area contributed by atoms with Gasteiger partial charge in [0.2, 0.25) is 0 Å². The summed E-state index contributed by atoms with van der Waals surface area (Å²) < 4.78 is 7.89. The normalized spacial score (nSPS) is 30.2. The van der Waals surface area contributed by atoms with Crippen LogP contribution in [-0.2, 0) is 4.74 Å². The molecule has 0 amide bonds. The zero-order valence-electron chi connectivity index (χ0n) is 10.0. The quantitative estimate of drug-likeness (QED) is 0.485. The third kappa shape index (κ3) is 2.11. The number of aliphatic hydroxyl groups excluding tert-OH is 3. The number of hydrogen-bond acceptors (Lipinski definition) is 6. The first kappa shape index (κ1) is 14.4. The van der Waals surface area contributed by atoms with Crippen LogP contribution < -0.4 is 0 Å². The fraction of sp³-hybridized carbons (Fsp3) is 0.455. The molecule has 0 aromatic carbocycles. The summed E-state index contributed by atoms with van der Waals surface area (Å²) >= 11 is 8.12. The van der Waals surface area contributed by atoms with Crippen LogP contribution in [0.1, 0.15) is 6.23 Å². The van der Waals surface area contributed by atoms with Gasteiger partial charge in [0, 0.05) is 9.77 Å². The lowest BCUT2D eigenvalue weighted by Gasteiger charge is -2.17. The lowest BCUT2D eigenvalue weighted by Crippen LogP contribution is -2.33. The van der Waals surface area contributed by atoms with Crippen LogP contribution in [0.25, 0.3) is 11.0 Å². The molecule has 1 aliphatic rings. The molecule has 2 unspecified atom stereocenters. The molecule has 20 heavy (non-hydrogen) atoms. The number of aliphatic hydroxyl groups is 3. The summed E-state index contributed by atoms with van der Waals surface area (Å²) in [7, 11) is 0. The number of fused-ring (bicyclic) bond motifs is 1. The second-order valence-corrected chi connectivity index (χ2v) is 6.00. The van der Waals surface area contributed by atoms with Crippen molar-refractivity contribution in [2.75, 3.05) is 6.61 Å². The Kier molecular flexibility index (Phi) is 3.86. The number of halogens is 2. The zero-order valence-corrected chi connectivity index (χ0v) is 12.9. The summed E-state index contributed by atoms with van der Waals surface area (Å²) in [5.74, 6) is 0. The summed E-state index contributed by atoms with van der Waals surface area (Å²) in [6.45, 7) is -0.374. The van der Waals surface area contributed by atoms with Crippen molar-refractivity contribution in [3.63, 3.8) is 0 Å². The molecule has 0 saturated carbocycles. The van der Waals surface area contributed by atoms with Crippen molar-refractivity contribution in [3.8, 4) is 0 Å². The van der Waals surface area contributed by atoms with Gasteiger partial charge in [0.25, 0.3) is 0 Å². The van der Waals surface area contributed by atoms with Gasteiger partial charge in [0.15, 0.2) is 6.23 Å². The maximum Gasteiger partial charge on any atom is 0.164 e. The van der Waals surface area contributed by atoms with Crippen LogP contribution in [0.15, 0.2) is 12.5 Å². The van der Waals surface area contributed by atoms with Gasteiger partial charge < -0.3 is 24.6 Å². The zero-order chi connectivity index (χ0) is 14.4. The highest BCUT2D eigenvalue weighted by Gasteiger charge is 2.44. The van der Waals surface area contributed by atoms with E-state index in [4.69, 9.17) is 21.4 Å². The van der Waals surface area contributed by atoms with Gasteiger partial charge >= 0.3 is 0 Å². The maximum atomic E-state index is 10.1. The molecule has 0 aliphatic carbocycles. The van der Waals surface area contributed by atoms with Gasteiger partial charge in [-0.1, -0.05) is 11.6 Å². The number of aromatic nitrogens is 3. The predicted molar refractivity (Wildman–Crippen MR) is 78.3 cm³/mol. The van der Waals surface area contributed by atoms with E-state index in [0.29, 0.717) is 16.2 Å². The van der Waals surface area contributed by atoms with Crippen LogP contribution in [0, 0.1) is 3.57 Å². The summed E-state index contributed by atoms with van der Waals surface area (Å²) in [4.78, 5) is 8.06. The Morgan fingerprint density at radius 3 is 2.75 bits per heavy atom. The highest BCUT2D eigenvalue weighted by molar-refractivity contribution is 14.1. The van der Waals surface area contributed by atoms with E-state index in [2.05, 4.69) is 32.6 Å². The van der Waals surface area contributed by atoms with Gasteiger partial charge in [-0.05, 0) is 22.6 Å². The first-order valence-corrected chi connectivity index (χ1v) is 7.29. The van der Waals surface area contributed by atoms with Crippen LogP contribution in [-0.4, -0.2) is 54.8 Å². The molecule has 3 heterocycles. The van der Waals surface area contributed by atoms with Crippen molar-refractivity contribution in [1.82, 2.24) is 14.5 Å². The largest absolute Gasteiger partial charge is 0.394 e. The molecular weight excluding hydrogens is 400 g/mol. The Morgan fingerprint density at radius 1 is 1.35 bits per heavy atom. The van der Waals surface area contributed by atoms with Crippen molar-refractivity contribution >= 4 is 45.2 Å². The molecule has 0 spiro atoms. The fourth-order valence-electron chi connectivity index (χ4n) is 2.31. The number of nitrogens with zero attached hydrogens (tertiary/aromatic N) is 3. The lowest BCUT2D eigenvalue weighted by molar-refractivity contribution is -0.0509. The third-order valence-corrected chi connectivity index (χ3v) is 4.41. The van der Waals surface area contributed by atoms with Crippen molar-refractivity contribution < 1.29 is 20.1 Å². The maximum absolute atomic E-state index is 10.1. The Morgan fingerprint density at radius 2 is 2.10 bits per heavy atom. The van der Waals surface area contributed by atoms with Crippen molar-refractivity contribution in [2.45, 2.75) is 24.5 Å². The highest BCUT2D eigenvalue weighted by atomic mass is 127. The third-order valence-electron chi connectivity index (χ3n) is 3.31. The minimum absolute atomic E-state index is 0.310. The molecule has 0 bridgehead atoms. The SMILES string of the molecule is OCC1OC(n2cc(I)c3c(Cl)ncnc32)[C@H](O)[C@@H]1O. The second-order valence-electron chi connectivity index (χ2n) is 4.48. The van der Waals surface area contributed by atoms with Gasteiger partial charge in [-0.25, -0.2) is 9.97 Å². The molecule has 4 atom stereocenters. The Labute approximate surface area is 132 Å². The van der Waals surface area contributed by atoms with E-state index < -0.39 is 24.5 Å². The van der Waals surface area contributed by atoms with E-state index in [-0.39, 0.29) is 6.61 Å². The minimum atomic E-state index is -1.16. The van der Waals surface area contributed by atoms with Gasteiger partial charge in [-0.3, -0.25) is 0 Å². The molecule has 1 aliphatic heterocycles. The average molecular weight is 412 g/mol. The molecule has 1 fully saturated rings. The Hall–Kier alpha value is -0.520. The Balaban J connectivity index is 2.10. The van der Waals surface area contributed by atoms with E-state index in [0.717, 1.165) is 3.57 Å². The van der Waals surface area contributed by atoms with Crippen LogP contribution in [0.3, 0.4) is 0 Å². The smallest absolute Gasteiger partial charge is 0.164 e. The predicted octanol–water partition coefficient (Wildman–Crippen LogP) is 0.301. The van der Waals surface area contributed by atoms with E-state index >= 15 is 0 Å². The Bertz CT molecular complexity index is 652. The van der Waals surface area contributed by atoms with Crippen molar-refractivity contribution in [1.29, 1.82) is 0 Å². The van der Waals surface area contributed by atoms with Gasteiger partial charge in [-0.15, -0.1) is 0 Å². The average Bonchev–Trinajstić information content (AvgIpc) is 2.90. The van der Waals surface area contributed by atoms with E-state index in [1.807, 2.05) is 0 Å². The van der Waals surface area contributed by atoms with Crippen LogP contribution >= 0.6 is 34.2 Å². The standard InChI is InChI=1S/C11H11ClIN3O4/c12-9-6-4(13)1-16(10(6)15-3-14-9)11-8(19)7(18)5(2-17)20-11/h1,3,5,7-8,11,17-19H,2H2/t5?,7-,8-,11?/m1/s1. The monoisotopic (exact) mass is 411 g/mol. The van der Waals surface area contributed by atoms with E-state index in [9.17, 15) is 10.2 Å². The van der Waals surface area contributed by atoms with Gasteiger partial charge in [0.05, 0.1) is 12.0 Å². The van der Waals surface area contributed by atoms with Crippen molar-refractivity contribution in [3.05, 3.63) is 21.2 Å². The lowest BCUT2D eigenvalue weighted by atomic mass is 10.1. The molecule has 7 nitrogen and oxygen atoms in total. The van der Waals surface area contributed by atoms with Gasteiger partial charge in [0.1, 0.15) is 35.4 Å². The molecule has 2 aromatic rings. The first-order valence-electron chi connectivity index (χ1n) is 5.83. The highest BCUT2D eigenvalue weighted by Crippen LogP contribution is 2.35. The molecule has 108 valence electrons.